The first kappa shape index (κ1) is 18.1. The molecular weight excluding hydrogens is 338 g/mol. The van der Waals surface area contributed by atoms with E-state index in [1.165, 1.54) is 33.4 Å². The summed E-state index contributed by atoms with van der Waals surface area (Å²) in [7, 11) is 0. The highest BCUT2D eigenvalue weighted by atomic mass is 14.8. The van der Waals surface area contributed by atoms with E-state index in [1.54, 1.807) is 0 Å². The van der Waals surface area contributed by atoms with E-state index >= 15 is 0 Å². The van der Waals surface area contributed by atoms with E-state index in [1.807, 2.05) is 0 Å². The molecule has 1 N–H and O–H groups in total. The van der Waals surface area contributed by atoms with Crippen molar-refractivity contribution >= 4 is 0 Å². The monoisotopic (exact) mass is 363 g/mol. The Morgan fingerprint density at radius 1 is 0.536 bits per heavy atom. The quantitative estimate of drug-likeness (QED) is 0.565. The molecule has 0 saturated heterocycles. The zero-order chi connectivity index (χ0) is 19.0. The number of hydrogen-bond acceptors (Lipinski definition) is 1. The van der Waals surface area contributed by atoms with Gasteiger partial charge in [-0.3, -0.25) is 0 Å². The van der Waals surface area contributed by atoms with Crippen LogP contribution in [0.5, 0.6) is 0 Å². The first-order valence-corrected chi connectivity index (χ1v) is 9.84. The van der Waals surface area contributed by atoms with Gasteiger partial charge in [0.1, 0.15) is 0 Å². The normalized spacial score (nSPS) is 13.6. The predicted octanol–water partition coefficient (Wildman–Crippen LogP) is 6.01. The van der Waals surface area contributed by atoms with E-state index in [0.717, 1.165) is 19.3 Å². The first-order valence-electron chi connectivity index (χ1n) is 9.84. The van der Waals surface area contributed by atoms with Gasteiger partial charge in [0.25, 0.3) is 0 Å². The van der Waals surface area contributed by atoms with Crippen molar-refractivity contribution in [1.82, 2.24) is 5.32 Å². The summed E-state index contributed by atoms with van der Waals surface area (Å²) in [4.78, 5) is 0. The fourth-order valence-corrected chi connectivity index (χ4v) is 3.67. The van der Waals surface area contributed by atoms with Crippen molar-refractivity contribution < 1.29 is 0 Å². The fraction of sp³-hybridized carbons (Fsp3) is 0.111. The minimum atomic E-state index is 0.927. The number of nitrogens with one attached hydrogen (secondary N) is 1. The van der Waals surface area contributed by atoms with Crippen LogP contribution in [0, 0.1) is 0 Å². The van der Waals surface area contributed by atoms with E-state index in [2.05, 4.69) is 115 Å². The first-order chi connectivity index (χ1) is 13.9. The van der Waals surface area contributed by atoms with Crippen molar-refractivity contribution in [3.63, 3.8) is 0 Å². The summed E-state index contributed by atoms with van der Waals surface area (Å²) < 4.78 is 0. The number of benzene rings is 3. The molecule has 0 amide bonds. The molecule has 0 spiro atoms. The molecule has 0 aromatic heterocycles. The highest BCUT2D eigenvalue weighted by Crippen LogP contribution is 2.27. The lowest BCUT2D eigenvalue weighted by Crippen LogP contribution is -2.05. The maximum atomic E-state index is 3.36. The predicted molar refractivity (Wildman–Crippen MR) is 118 cm³/mol. The average Bonchev–Trinajstić information content (AvgIpc) is 2.93. The molecule has 1 aliphatic heterocycles. The molecule has 0 saturated carbocycles. The maximum Gasteiger partial charge on any atom is 0.00431 e. The van der Waals surface area contributed by atoms with Crippen LogP contribution in [0.3, 0.4) is 0 Å². The molecule has 1 heterocycles. The third-order valence-corrected chi connectivity index (χ3v) is 5.11. The highest BCUT2D eigenvalue weighted by Gasteiger charge is 2.14. The van der Waals surface area contributed by atoms with Crippen LogP contribution in [0.25, 0.3) is 0 Å². The van der Waals surface area contributed by atoms with Crippen LogP contribution in [0.4, 0.5) is 0 Å². The van der Waals surface area contributed by atoms with Gasteiger partial charge in [-0.05, 0) is 58.7 Å². The van der Waals surface area contributed by atoms with Crippen LogP contribution in [-0.2, 0) is 19.3 Å². The van der Waals surface area contributed by atoms with Crippen LogP contribution < -0.4 is 5.32 Å². The molecule has 0 fully saturated rings. The third-order valence-electron chi connectivity index (χ3n) is 5.11. The summed E-state index contributed by atoms with van der Waals surface area (Å²) in [6.07, 6.45) is 9.26. The van der Waals surface area contributed by atoms with Crippen molar-refractivity contribution in [2.45, 2.75) is 19.3 Å². The second-order valence-electron chi connectivity index (χ2n) is 7.16. The van der Waals surface area contributed by atoms with Gasteiger partial charge in [-0.1, -0.05) is 91.0 Å². The van der Waals surface area contributed by atoms with Crippen molar-refractivity contribution in [2.24, 2.45) is 0 Å². The Balaban J connectivity index is 1.72. The lowest BCUT2D eigenvalue weighted by atomic mass is 9.88. The van der Waals surface area contributed by atoms with Gasteiger partial charge >= 0.3 is 0 Å². The summed E-state index contributed by atoms with van der Waals surface area (Å²) in [5, 5.41) is 3.36. The van der Waals surface area contributed by atoms with Gasteiger partial charge in [-0.2, -0.15) is 0 Å². The van der Waals surface area contributed by atoms with Gasteiger partial charge in [0.2, 0.25) is 0 Å². The Bertz CT molecular complexity index is 980. The van der Waals surface area contributed by atoms with Gasteiger partial charge in [0.05, 0.1) is 0 Å². The molecule has 3 aromatic rings. The molecule has 0 bridgehead atoms. The second kappa shape index (κ2) is 9.05. The van der Waals surface area contributed by atoms with E-state index in [0.29, 0.717) is 0 Å². The summed E-state index contributed by atoms with van der Waals surface area (Å²) in [6, 6.07) is 32.2. The van der Waals surface area contributed by atoms with Crippen LogP contribution >= 0.6 is 0 Å². The van der Waals surface area contributed by atoms with Gasteiger partial charge in [-0.25, -0.2) is 0 Å². The zero-order valence-electron chi connectivity index (χ0n) is 16.0. The Kier molecular flexibility index (Phi) is 5.84. The highest BCUT2D eigenvalue weighted by molar-refractivity contribution is 5.48. The van der Waals surface area contributed by atoms with Crippen molar-refractivity contribution in [3.8, 4) is 0 Å². The molecule has 0 atom stereocenters. The molecule has 1 nitrogen and oxygen atoms in total. The number of hydrogen-bond donors (Lipinski definition) is 1. The molecule has 138 valence electrons. The van der Waals surface area contributed by atoms with E-state index in [9.17, 15) is 0 Å². The molecule has 1 heteroatoms. The summed E-state index contributed by atoms with van der Waals surface area (Å²) in [5.74, 6) is 0. The van der Waals surface area contributed by atoms with Crippen molar-refractivity contribution in [3.05, 3.63) is 143 Å². The topological polar surface area (TPSA) is 12.0 Å². The lowest BCUT2D eigenvalue weighted by Gasteiger charge is -2.17. The van der Waals surface area contributed by atoms with Crippen LogP contribution in [-0.4, -0.2) is 0 Å². The summed E-state index contributed by atoms with van der Waals surface area (Å²) in [5.41, 5.74) is 8.17. The van der Waals surface area contributed by atoms with Crippen molar-refractivity contribution in [2.75, 3.05) is 0 Å². The van der Waals surface area contributed by atoms with Gasteiger partial charge < -0.3 is 5.32 Å². The Hall–Kier alpha value is -3.32. The fourth-order valence-electron chi connectivity index (χ4n) is 3.67. The average molecular weight is 364 g/mol. The van der Waals surface area contributed by atoms with Crippen LogP contribution in [0.1, 0.15) is 16.7 Å². The van der Waals surface area contributed by atoms with Gasteiger partial charge in [0.15, 0.2) is 0 Å². The van der Waals surface area contributed by atoms with E-state index in [4.69, 9.17) is 0 Å². The smallest absolute Gasteiger partial charge is 0.00431 e. The second-order valence-corrected chi connectivity index (χ2v) is 7.16. The molecule has 0 radical (unpaired) electrons. The molecule has 3 aromatic carbocycles. The SMILES string of the molecule is C1=CC(Cc2ccccc2)=C(Cc2ccccc2)C(Cc2ccccc2)=CN1. The van der Waals surface area contributed by atoms with Crippen molar-refractivity contribution in [1.29, 1.82) is 0 Å². The van der Waals surface area contributed by atoms with Crippen LogP contribution in [0.15, 0.2) is 126 Å². The van der Waals surface area contributed by atoms with Gasteiger partial charge in [-0.15, -0.1) is 0 Å². The Morgan fingerprint density at radius 3 is 1.61 bits per heavy atom. The van der Waals surface area contributed by atoms with E-state index in [-0.39, 0.29) is 0 Å². The molecule has 0 unspecified atom stereocenters. The Labute approximate surface area is 167 Å². The summed E-state index contributed by atoms with van der Waals surface area (Å²) in [6.45, 7) is 0. The molecule has 28 heavy (non-hydrogen) atoms. The minimum absolute atomic E-state index is 0.927. The third kappa shape index (κ3) is 4.69. The molecular formula is C27H25N. The molecule has 0 aliphatic carbocycles. The zero-order valence-corrected chi connectivity index (χ0v) is 16.0. The maximum absolute atomic E-state index is 3.36. The lowest BCUT2D eigenvalue weighted by molar-refractivity contribution is 1.01. The number of rotatable bonds is 6. The molecule has 4 rings (SSSR count). The minimum Gasteiger partial charge on any atom is -0.367 e. The number of allylic oxidation sites excluding steroid dienone is 4. The standard InChI is InChI=1S/C27H25N/c1-4-10-22(11-5-1)18-25-16-17-28-21-26(19-23-12-6-2-7-13-23)27(25)20-24-14-8-3-9-15-24/h1-17,21,28H,18-20H2. The van der Waals surface area contributed by atoms with Crippen LogP contribution in [0.2, 0.25) is 0 Å². The Morgan fingerprint density at radius 2 is 1.04 bits per heavy atom. The summed E-state index contributed by atoms with van der Waals surface area (Å²) >= 11 is 0. The largest absolute Gasteiger partial charge is 0.367 e. The molecule has 1 aliphatic rings. The van der Waals surface area contributed by atoms with Gasteiger partial charge in [0, 0.05) is 12.4 Å². The van der Waals surface area contributed by atoms with E-state index < -0.39 is 0 Å².